The highest BCUT2D eigenvalue weighted by Gasteiger charge is 2.20. The van der Waals surface area contributed by atoms with Crippen LogP contribution in [0.25, 0.3) is 0 Å². The minimum absolute atomic E-state index is 0.187. The van der Waals surface area contributed by atoms with E-state index in [-0.39, 0.29) is 5.82 Å². The number of hydrogen-bond donors (Lipinski definition) is 2. The third-order valence-corrected chi connectivity index (χ3v) is 3.30. The fraction of sp³-hybridized carbons (Fsp3) is 0.455. The van der Waals surface area contributed by atoms with Gasteiger partial charge in [0, 0.05) is 20.0 Å². The highest BCUT2D eigenvalue weighted by atomic mass is 32.1. The van der Waals surface area contributed by atoms with E-state index in [1.807, 2.05) is 7.05 Å². The number of aromatic nitrogens is 4. The van der Waals surface area contributed by atoms with Gasteiger partial charge in [-0.2, -0.15) is 9.47 Å². The van der Waals surface area contributed by atoms with E-state index < -0.39 is 5.97 Å². The molecular weight excluding hydrogens is 280 g/mol. The molecule has 108 valence electrons. The molecule has 2 rings (SSSR count). The van der Waals surface area contributed by atoms with Gasteiger partial charge in [0.15, 0.2) is 11.6 Å². The second kappa shape index (κ2) is 6.33. The molecule has 20 heavy (non-hydrogen) atoms. The Kier molecular flexibility index (Phi) is 4.51. The van der Waals surface area contributed by atoms with Crippen LogP contribution in [0.5, 0.6) is 0 Å². The standard InChI is InChI=1S/C11H16N6O2S/c1-3-19-11(18)8-9(12)16-20-10(8)13-5-4-7-14-6-17(2)15-7/h6,13H,3-5H2,1-2H3,(H2,12,16). The van der Waals surface area contributed by atoms with Crippen LogP contribution in [0.15, 0.2) is 6.33 Å². The first-order chi connectivity index (χ1) is 9.61. The highest BCUT2D eigenvalue weighted by molar-refractivity contribution is 7.11. The van der Waals surface area contributed by atoms with E-state index in [2.05, 4.69) is 19.8 Å². The summed E-state index contributed by atoms with van der Waals surface area (Å²) in [6, 6.07) is 0. The molecule has 2 heterocycles. The molecule has 0 atom stereocenters. The molecule has 0 aliphatic heterocycles. The Morgan fingerprint density at radius 1 is 1.60 bits per heavy atom. The summed E-state index contributed by atoms with van der Waals surface area (Å²) < 4.78 is 10.6. The van der Waals surface area contributed by atoms with Crippen LogP contribution in [-0.4, -0.2) is 38.3 Å². The van der Waals surface area contributed by atoms with Crippen molar-refractivity contribution in [3.05, 3.63) is 17.7 Å². The minimum Gasteiger partial charge on any atom is -0.462 e. The topological polar surface area (TPSA) is 108 Å². The number of carbonyl (C=O) groups excluding carboxylic acids is 1. The molecule has 0 aliphatic rings. The molecular formula is C11H16N6O2S. The number of hydrogen-bond acceptors (Lipinski definition) is 8. The first kappa shape index (κ1) is 14.3. The van der Waals surface area contributed by atoms with Crippen molar-refractivity contribution < 1.29 is 9.53 Å². The molecule has 0 saturated carbocycles. The molecule has 2 aromatic heterocycles. The molecule has 0 aromatic carbocycles. The number of nitrogen functional groups attached to an aromatic ring is 1. The van der Waals surface area contributed by atoms with Gasteiger partial charge in [0.2, 0.25) is 0 Å². The van der Waals surface area contributed by atoms with E-state index in [0.29, 0.717) is 30.1 Å². The van der Waals surface area contributed by atoms with Gasteiger partial charge in [0.25, 0.3) is 0 Å². The van der Waals surface area contributed by atoms with Gasteiger partial charge >= 0.3 is 5.97 Å². The Morgan fingerprint density at radius 3 is 3.05 bits per heavy atom. The average molecular weight is 296 g/mol. The van der Waals surface area contributed by atoms with Gasteiger partial charge in [0.05, 0.1) is 6.61 Å². The zero-order valence-electron chi connectivity index (χ0n) is 11.3. The first-order valence-corrected chi connectivity index (χ1v) is 6.89. The van der Waals surface area contributed by atoms with Crippen LogP contribution in [0.3, 0.4) is 0 Å². The maximum Gasteiger partial charge on any atom is 0.344 e. The minimum atomic E-state index is -0.461. The van der Waals surface area contributed by atoms with Crippen LogP contribution in [0.1, 0.15) is 23.1 Å². The van der Waals surface area contributed by atoms with Crippen molar-refractivity contribution >= 4 is 28.3 Å². The SMILES string of the molecule is CCOC(=O)c1c(N)nsc1NCCc1ncn(C)n1. The molecule has 0 saturated heterocycles. The Morgan fingerprint density at radius 2 is 2.40 bits per heavy atom. The number of carbonyl (C=O) groups is 1. The van der Waals surface area contributed by atoms with Gasteiger partial charge in [-0.3, -0.25) is 4.68 Å². The van der Waals surface area contributed by atoms with E-state index in [1.165, 1.54) is 0 Å². The first-order valence-electron chi connectivity index (χ1n) is 6.12. The Bertz CT molecular complexity index is 594. The number of nitrogens with two attached hydrogens (primary N) is 1. The summed E-state index contributed by atoms with van der Waals surface area (Å²) in [5.41, 5.74) is 5.99. The Hall–Kier alpha value is -2.16. The Balaban J connectivity index is 1.97. The van der Waals surface area contributed by atoms with Gasteiger partial charge < -0.3 is 15.8 Å². The number of nitrogens with zero attached hydrogens (tertiary/aromatic N) is 4. The quantitative estimate of drug-likeness (QED) is 0.755. The third-order valence-electron chi connectivity index (χ3n) is 2.48. The van der Waals surface area contributed by atoms with Crippen LogP contribution in [-0.2, 0) is 18.2 Å². The molecule has 0 unspecified atom stereocenters. The number of esters is 1. The van der Waals surface area contributed by atoms with Crippen molar-refractivity contribution in [3.8, 4) is 0 Å². The summed E-state index contributed by atoms with van der Waals surface area (Å²) in [5, 5.41) is 7.90. The van der Waals surface area contributed by atoms with Crippen molar-refractivity contribution in [2.75, 3.05) is 24.2 Å². The predicted molar refractivity (Wildman–Crippen MR) is 75.7 cm³/mol. The number of rotatable bonds is 6. The second-order valence-corrected chi connectivity index (χ2v) is 4.78. The lowest BCUT2D eigenvalue weighted by Gasteiger charge is -2.05. The van der Waals surface area contributed by atoms with E-state index in [9.17, 15) is 4.79 Å². The monoisotopic (exact) mass is 296 g/mol. The van der Waals surface area contributed by atoms with Crippen LogP contribution in [0.4, 0.5) is 10.8 Å². The lowest BCUT2D eigenvalue weighted by Crippen LogP contribution is -2.12. The van der Waals surface area contributed by atoms with Gasteiger partial charge in [-0.25, -0.2) is 9.78 Å². The van der Waals surface area contributed by atoms with Gasteiger partial charge in [-0.1, -0.05) is 0 Å². The average Bonchev–Trinajstić information content (AvgIpc) is 2.97. The maximum atomic E-state index is 11.8. The second-order valence-electron chi connectivity index (χ2n) is 4.00. The van der Waals surface area contributed by atoms with Crippen molar-refractivity contribution in [1.29, 1.82) is 0 Å². The number of nitrogens with one attached hydrogen (secondary N) is 1. The van der Waals surface area contributed by atoms with Crippen molar-refractivity contribution in [2.24, 2.45) is 7.05 Å². The highest BCUT2D eigenvalue weighted by Crippen LogP contribution is 2.27. The molecule has 2 aromatic rings. The molecule has 8 nitrogen and oxygen atoms in total. The summed E-state index contributed by atoms with van der Waals surface area (Å²) >= 11 is 1.14. The van der Waals surface area contributed by atoms with Gasteiger partial charge in [-0.05, 0) is 18.5 Å². The van der Waals surface area contributed by atoms with E-state index in [0.717, 1.165) is 17.4 Å². The summed E-state index contributed by atoms with van der Waals surface area (Å²) in [6.07, 6.45) is 2.28. The normalized spacial score (nSPS) is 10.5. The number of anilines is 2. The molecule has 9 heteroatoms. The van der Waals surface area contributed by atoms with E-state index in [4.69, 9.17) is 10.5 Å². The van der Waals surface area contributed by atoms with Gasteiger partial charge in [-0.15, -0.1) is 0 Å². The van der Waals surface area contributed by atoms with Crippen molar-refractivity contribution in [2.45, 2.75) is 13.3 Å². The van der Waals surface area contributed by atoms with Crippen LogP contribution in [0.2, 0.25) is 0 Å². The molecule has 0 bridgehead atoms. The fourth-order valence-electron chi connectivity index (χ4n) is 1.61. The molecule has 0 radical (unpaired) electrons. The summed E-state index contributed by atoms with van der Waals surface area (Å²) in [7, 11) is 1.81. The maximum absolute atomic E-state index is 11.8. The van der Waals surface area contributed by atoms with Crippen LogP contribution >= 0.6 is 11.5 Å². The summed E-state index contributed by atoms with van der Waals surface area (Å²) in [4.78, 5) is 15.9. The number of ether oxygens (including phenoxy) is 1. The summed E-state index contributed by atoms with van der Waals surface area (Å²) in [5.74, 6) is 0.458. The zero-order chi connectivity index (χ0) is 14.5. The largest absolute Gasteiger partial charge is 0.462 e. The summed E-state index contributed by atoms with van der Waals surface area (Å²) in [6.45, 7) is 2.62. The number of aryl methyl sites for hydroxylation is 1. The molecule has 0 amide bonds. The zero-order valence-corrected chi connectivity index (χ0v) is 12.1. The van der Waals surface area contributed by atoms with Crippen LogP contribution in [0, 0.1) is 0 Å². The van der Waals surface area contributed by atoms with Gasteiger partial charge in [0.1, 0.15) is 16.9 Å². The van der Waals surface area contributed by atoms with E-state index >= 15 is 0 Å². The molecule has 0 fully saturated rings. The smallest absolute Gasteiger partial charge is 0.344 e. The van der Waals surface area contributed by atoms with Crippen LogP contribution < -0.4 is 11.1 Å². The third kappa shape index (κ3) is 3.23. The van der Waals surface area contributed by atoms with E-state index in [1.54, 1.807) is 17.9 Å². The molecule has 0 spiro atoms. The lowest BCUT2D eigenvalue weighted by molar-refractivity contribution is 0.0529. The fourth-order valence-corrected chi connectivity index (χ4v) is 2.34. The molecule has 3 N–H and O–H groups in total. The van der Waals surface area contributed by atoms with Crippen molar-refractivity contribution in [3.63, 3.8) is 0 Å². The van der Waals surface area contributed by atoms with Crippen molar-refractivity contribution in [1.82, 2.24) is 19.1 Å². The lowest BCUT2D eigenvalue weighted by atomic mass is 10.3. The Labute approximate surface area is 120 Å². The molecule has 0 aliphatic carbocycles. The predicted octanol–water partition coefficient (Wildman–Crippen LogP) is 0.685.